The molecule has 2 N–H and O–H groups in total. The van der Waals surface area contributed by atoms with Crippen molar-refractivity contribution in [3.05, 3.63) is 16.1 Å². The number of carbonyl (C=O) groups is 1. The molecule has 1 aromatic heterocycles. The average Bonchev–Trinajstić information content (AvgIpc) is 2.76. The van der Waals surface area contributed by atoms with Crippen LogP contribution in [0.4, 0.5) is 0 Å². The van der Waals surface area contributed by atoms with Crippen molar-refractivity contribution in [3.8, 4) is 0 Å². The molecule has 2 rings (SSSR count). The monoisotopic (exact) mass is 253 g/mol. The second kappa shape index (κ2) is 6.12. The highest BCUT2D eigenvalue weighted by molar-refractivity contribution is 7.09. The summed E-state index contributed by atoms with van der Waals surface area (Å²) in [5.41, 5.74) is 1.07. The van der Waals surface area contributed by atoms with Crippen LogP contribution in [0.15, 0.2) is 5.38 Å². The Morgan fingerprint density at radius 1 is 1.65 bits per heavy atom. The van der Waals surface area contributed by atoms with E-state index in [1.165, 1.54) is 6.42 Å². The third kappa shape index (κ3) is 3.78. The Morgan fingerprint density at radius 3 is 3.18 bits per heavy atom. The lowest BCUT2D eigenvalue weighted by molar-refractivity contribution is -0.123. The summed E-state index contributed by atoms with van der Waals surface area (Å²) in [5.74, 6) is 0.136. The third-order valence-corrected chi connectivity index (χ3v) is 3.80. The van der Waals surface area contributed by atoms with Crippen molar-refractivity contribution in [1.82, 2.24) is 15.6 Å². The fraction of sp³-hybridized carbons (Fsp3) is 0.667. The zero-order valence-corrected chi connectivity index (χ0v) is 11.0. The van der Waals surface area contributed by atoms with E-state index in [0.29, 0.717) is 6.54 Å². The van der Waals surface area contributed by atoms with Crippen LogP contribution >= 0.6 is 11.3 Å². The Morgan fingerprint density at radius 2 is 2.53 bits per heavy atom. The summed E-state index contributed by atoms with van der Waals surface area (Å²) in [4.78, 5) is 16.2. The number of aromatic nitrogens is 1. The van der Waals surface area contributed by atoms with Crippen molar-refractivity contribution in [1.29, 1.82) is 0 Å². The predicted molar refractivity (Wildman–Crippen MR) is 69.2 cm³/mol. The van der Waals surface area contributed by atoms with Gasteiger partial charge in [-0.3, -0.25) is 4.79 Å². The minimum Gasteiger partial charge on any atom is -0.354 e. The normalized spacial score (nSPS) is 20.2. The number of hydrogen-bond acceptors (Lipinski definition) is 4. The van der Waals surface area contributed by atoms with Crippen LogP contribution in [-0.2, 0) is 11.2 Å². The zero-order chi connectivity index (χ0) is 12.1. The number of rotatable bonds is 4. The SMILES string of the molecule is Cc1nc(CCNC(=O)C2CCCCN2)cs1. The van der Waals surface area contributed by atoms with Gasteiger partial charge in [-0.05, 0) is 26.3 Å². The van der Waals surface area contributed by atoms with Crippen LogP contribution in [0.25, 0.3) is 0 Å². The van der Waals surface area contributed by atoms with Gasteiger partial charge in [0, 0.05) is 18.3 Å². The molecule has 1 saturated heterocycles. The Hall–Kier alpha value is -0.940. The van der Waals surface area contributed by atoms with Gasteiger partial charge in [0.05, 0.1) is 16.7 Å². The molecule has 4 nitrogen and oxygen atoms in total. The molecule has 0 saturated carbocycles. The molecule has 1 fully saturated rings. The van der Waals surface area contributed by atoms with Gasteiger partial charge < -0.3 is 10.6 Å². The summed E-state index contributed by atoms with van der Waals surface area (Å²) < 4.78 is 0. The minimum atomic E-state index is 0.0147. The molecule has 94 valence electrons. The summed E-state index contributed by atoms with van der Waals surface area (Å²) in [6, 6.07) is 0.0147. The van der Waals surface area contributed by atoms with Crippen LogP contribution in [0.2, 0.25) is 0 Å². The van der Waals surface area contributed by atoms with Gasteiger partial charge >= 0.3 is 0 Å². The first-order chi connectivity index (χ1) is 8.25. The number of nitrogens with zero attached hydrogens (tertiary/aromatic N) is 1. The molecule has 1 atom stereocenters. The van der Waals surface area contributed by atoms with Gasteiger partial charge in [-0.25, -0.2) is 4.98 Å². The van der Waals surface area contributed by atoms with Gasteiger partial charge in [0.2, 0.25) is 5.91 Å². The number of thiazole rings is 1. The fourth-order valence-electron chi connectivity index (χ4n) is 2.04. The molecule has 2 heterocycles. The quantitative estimate of drug-likeness (QED) is 0.849. The number of nitrogens with one attached hydrogen (secondary N) is 2. The van der Waals surface area contributed by atoms with Gasteiger partial charge in [0.1, 0.15) is 0 Å². The van der Waals surface area contributed by atoms with Crippen molar-refractivity contribution in [2.24, 2.45) is 0 Å². The highest BCUT2D eigenvalue weighted by Gasteiger charge is 2.19. The van der Waals surface area contributed by atoms with Crippen LogP contribution in [0.3, 0.4) is 0 Å². The van der Waals surface area contributed by atoms with E-state index in [0.717, 1.165) is 36.5 Å². The highest BCUT2D eigenvalue weighted by atomic mass is 32.1. The van der Waals surface area contributed by atoms with Crippen LogP contribution < -0.4 is 10.6 Å². The number of aryl methyl sites for hydroxylation is 1. The van der Waals surface area contributed by atoms with E-state index < -0.39 is 0 Å². The van der Waals surface area contributed by atoms with Gasteiger partial charge in [0.15, 0.2) is 0 Å². The minimum absolute atomic E-state index is 0.0147. The summed E-state index contributed by atoms with van der Waals surface area (Å²) >= 11 is 1.66. The fourth-order valence-corrected chi connectivity index (χ4v) is 2.68. The van der Waals surface area contributed by atoms with Crippen molar-refractivity contribution in [2.45, 2.75) is 38.6 Å². The molecule has 0 spiro atoms. The maximum atomic E-state index is 11.8. The van der Waals surface area contributed by atoms with E-state index in [1.54, 1.807) is 11.3 Å². The molecular weight excluding hydrogens is 234 g/mol. The molecule has 1 aliphatic heterocycles. The summed E-state index contributed by atoms with van der Waals surface area (Å²) in [5, 5.41) is 9.36. The second-order valence-electron chi connectivity index (χ2n) is 4.40. The second-order valence-corrected chi connectivity index (χ2v) is 5.46. The smallest absolute Gasteiger partial charge is 0.237 e. The van der Waals surface area contributed by atoms with E-state index in [-0.39, 0.29) is 11.9 Å². The van der Waals surface area contributed by atoms with E-state index >= 15 is 0 Å². The Balaban J connectivity index is 1.69. The van der Waals surface area contributed by atoms with Crippen LogP contribution in [0.1, 0.15) is 30.0 Å². The van der Waals surface area contributed by atoms with E-state index in [2.05, 4.69) is 21.0 Å². The molecule has 1 aliphatic rings. The van der Waals surface area contributed by atoms with Crippen molar-refractivity contribution in [2.75, 3.05) is 13.1 Å². The molecule has 0 radical (unpaired) electrons. The molecule has 1 unspecified atom stereocenters. The molecular formula is C12H19N3OS. The van der Waals surface area contributed by atoms with Crippen LogP contribution in [-0.4, -0.2) is 30.0 Å². The maximum Gasteiger partial charge on any atom is 0.237 e. The number of hydrogen-bond donors (Lipinski definition) is 2. The first-order valence-electron chi connectivity index (χ1n) is 6.18. The molecule has 0 aliphatic carbocycles. The van der Waals surface area contributed by atoms with Crippen molar-refractivity contribution in [3.63, 3.8) is 0 Å². The largest absolute Gasteiger partial charge is 0.354 e. The van der Waals surface area contributed by atoms with Gasteiger partial charge in [0.25, 0.3) is 0 Å². The summed E-state index contributed by atoms with van der Waals surface area (Å²) in [6.45, 7) is 3.64. The van der Waals surface area contributed by atoms with Crippen molar-refractivity contribution < 1.29 is 4.79 Å². The average molecular weight is 253 g/mol. The molecule has 1 amide bonds. The lowest BCUT2D eigenvalue weighted by Crippen LogP contribution is -2.47. The zero-order valence-electron chi connectivity index (χ0n) is 10.2. The Kier molecular flexibility index (Phi) is 4.50. The van der Waals surface area contributed by atoms with Gasteiger partial charge in [-0.1, -0.05) is 6.42 Å². The molecule has 1 aromatic rings. The van der Waals surface area contributed by atoms with E-state index in [1.807, 2.05) is 6.92 Å². The lowest BCUT2D eigenvalue weighted by Gasteiger charge is -2.22. The predicted octanol–water partition coefficient (Wildman–Crippen LogP) is 1.25. The molecule has 17 heavy (non-hydrogen) atoms. The first kappa shape index (κ1) is 12.5. The first-order valence-corrected chi connectivity index (χ1v) is 7.06. The summed E-state index contributed by atoms with van der Waals surface area (Å²) in [6.07, 6.45) is 4.11. The summed E-state index contributed by atoms with van der Waals surface area (Å²) in [7, 11) is 0. The van der Waals surface area contributed by atoms with E-state index in [9.17, 15) is 4.79 Å². The number of piperidine rings is 1. The Bertz CT molecular complexity index is 372. The standard InChI is InChI=1S/C12H19N3OS/c1-9-15-10(8-17-9)5-7-14-12(16)11-4-2-3-6-13-11/h8,11,13H,2-7H2,1H3,(H,14,16). The maximum absolute atomic E-state index is 11.8. The van der Waals surface area contributed by atoms with Gasteiger partial charge in [-0.2, -0.15) is 0 Å². The lowest BCUT2D eigenvalue weighted by atomic mass is 10.0. The van der Waals surface area contributed by atoms with Crippen molar-refractivity contribution >= 4 is 17.2 Å². The van der Waals surface area contributed by atoms with Crippen LogP contribution in [0.5, 0.6) is 0 Å². The van der Waals surface area contributed by atoms with E-state index in [4.69, 9.17) is 0 Å². The topological polar surface area (TPSA) is 54.0 Å². The molecule has 5 heteroatoms. The number of amides is 1. The number of carbonyl (C=O) groups excluding carboxylic acids is 1. The molecule has 0 bridgehead atoms. The van der Waals surface area contributed by atoms with Crippen LogP contribution in [0, 0.1) is 6.92 Å². The Labute approximate surface area is 106 Å². The third-order valence-electron chi connectivity index (χ3n) is 2.97. The van der Waals surface area contributed by atoms with Gasteiger partial charge in [-0.15, -0.1) is 11.3 Å². The highest BCUT2D eigenvalue weighted by Crippen LogP contribution is 2.08. The molecule has 0 aromatic carbocycles.